The van der Waals surface area contributed by atoms with E-state index >= 15 is 0 Å². The molecule has 0 unspecified atom stereocenters. The lowest BCUT2D eigenvalue weighted by atomic mass is 10.3. The van der Waals surface area contributed by atoms with Gasteiger partial charge < -0.3 is 0 Å². The third-order valence-corrected chi connectivity index (χ3v) is 6.41. The maximum absolute atomic E-state index is 12.5. The fourth-order valence-corrected chi connectivity index (χ4v) is 4.83. The number of sulfonamides is 1. The standard InChI is InChI=1S/C17H13N3O4S2/c21-15-9-10-16(22)20(15)11-5-7-12(8-6-11)26(23,24)19-17-18-13-3-1-2-4-14(13)25-17/h1-8H,9-10H2,(H,18,19). The Kier molecular flexibility index (Phi) is 3.97. The second-order valence-corrected chi connectivity index (χ2v) is 8.42. The van der Waals surface area contributed by atoms with Crippen molar-refractivity contribution in [1.82, 2.24) is 4.98 Å². The summed E-state index contributed by atoms with van der Waals surface area (Å²) in [5.74, 6) is -0.559. The molecule has 0 spiro atoms. The minimum Gasteiger partial charge on any atom is -0.274 e. The highest BCUT2D eigenvalue weighted by molar-refractivity contribution is 7.93. The van der Waals surface area contributed by atoms with Gasteiger partial charge in [0.05, 0.1) is 20.8 Å². The summed E-state index contributed by atoms with van der Waals surface area (Å²) in [6.07, 6.45) is 0.357. The molecule has 4 rings (SSSR count). The molecule has 1 saturated heterocycles. The SMILES string of the molecule is O=C1CCC(=O)N1c1ccc(S(=O)(=O)Nc2nc3ccccc3s2)cc1. The molecular formula is C17H13N3O4S2. The Balaban J connectivity index is 1.59. The first-order valence-electron chi connectivity index (χ1n) is 7.78. The molecule has 2 amide bonds. The van der Waals surface area contributed by atoms with Crippen molar-refractivity contribution in [2.24, 2.45) is 0 Å². The van der Waals surface area contributed by atoms with Gasteiger partial charge in [0, 0.05) is 12.8 Å². The number of benzene rings is 2. The summed E-state index contributed by atoms with van der Waals surface area (Å²) in [5, 5.41) is 0.278. The quantitative estimate of drug-likeness (QED) is 0.695. The van der Waals surface area contributed by atoms with Crippen molar-refractivity contribution in [2.45, 2.75) is 17.7 Å². The van der Waals surface area contributed by atoms with Gasteiger partial charge in [0.15, 0.2) is 5.13 Å². The third-order valence-electron chi connectivity index (χ3n) is 3.97. The Hall–Kier alpha value is -2.78. The lowest BCUT2D eigenvalue weighted by Crippen LogP contribution is -2.28. The van der Waals surface area contributed by atoms with Gasteiger partial charge in [-0.25, -0.2) is 13.4 Å². The van der Waals surface area contributed by atoms with Crippen molar-refractivity contribution in [2.75, 3.05) is 9.62 Å². The highest BCUT2D eigenvalue weighted by Crippen LogP contribution is 2.28. The molecule has 0 bridgehead atoms. The van der Waals surface area contributed by atoms with Crippen LogP contribution < -0.4 is 9.62 Å². The van der Waals surface area contributed by atoms with Crippen LogP contribution in [-0.4, -0.2) is 25.2 Å². The van der Waals surface area contributed by atoms with Crippen LogP contribution in [0.2, 0.25) is 0 Å². The topological polar surface area (TPSA) is 96.4 Å². The Bertz CT molecular complexity index is 1070. The average Bonchev–Trinajstić information content (AvgIpc) is 3.16. The van der Waals surface area contributed by atoms with Crippen LogP contribution in [-0.2, 0) is 19.6 Å². The van der Waals surface area contributed by atoms with E-state index in [4.69, 9.17) is 0 Å². The summed E-state index contributed by atoms with van der Waals surface area (Å²) in [6, 6.07) is 13.0. The second-order valence-electron chi connectivity index (χ2n) is 5.71. The van der Waals surface area contributed by atoms with E-state index in [0.717, 1.165) is 15.1 Å². The van der Waals surface area contributed by atoms with Crippen molar-refractivity contribution in [3.05, 3.63) is 48.5 Å². The number of fused-ring (bicyclic) bond motifs is 1. The van der Waals surface area contributed by atoms with Gasteiger partial charge in [0.25, 0.3) is 10.0 Å². The predicted octanol–water partition coefficient (Wildman–Crippen LogP) is 2.75. The van der Waals surface area contributed by atoms with Crippen LogP contribution in [0.1, 0.15) is 12.8 Å². The maximum Gasteiger partial charge on any atom is 0.263 e. The molecule has 7 nitrogen and oxygen atoms in total. The van der Waals surface area contributed by atoms with Crippen LogP contribution in [0.5, 0.6) is 0 Å². The number of thiazole rings is 1. The number of anilines is 2. The van der Waals surface area contributed by atoms with E-state index in [9.17, 15) is 18.0 Å². The molecule has 2 heterocycles. The van der Waals surface area contributed by atoms with E-state index in [0.29, 0.717) is 5.69 Å². The van der Waals surface area contributed by atoms with Crippen molar-refractivity contribution in [3.8, 4) is 0 Å². The minimum atomic E-state index is -3.82. The molecule has 3 aromatic rings. The highest BCUT2D eigenvalue weighted by atomic mass is 32.2. The second kappa shape index (κ2) is 6.19. The average molecular weight is 387 g/mol. The summed E-state index contributed by atoms with van der Waals surface area (Å²) in [6.45, 7) is 0. The fraction of sp³-hybridized carbons (Fsp3) is 0.118. The molecule has 9 heteroatoms. The molecule has 2 aromatic carbocycles. The van der Waals surface area contributed by atoms with Crippen LogP contribution in [0.15, 0.2) is 53.4 Å². The molecule has 26 heavy (non-hydrogen) atoms. The van der Waals surface area contributed by atoms with E-state index in [1.807, 2.05) is 24.3 Å². The number of imide groups is 1. The molecule has 0 saturated carbocycles. The summed E-state index contributed by atoms with van der Waals surface area (Å²) in [4.78, 5) is 28.9. The van der Waals surface area contributed by atoms with E-state index in [2.05, 4.69) is 9.71 Å². The van der Waals surface area contributed by atoms with Gasteiger partial charge >= 0.3 is 0 Å². The summed E-state index contributed by atoms with van der Waals surface area (Å²) in [5.41, 5.74) is 1.09. The molecule has 1 aliphatic heterocycles. The molecule has 0 atom stereocenters. The Morgan fingerprint density at radius 1 is 0.962 bits per heavy atom. The van der Waals surface area contributed by atoms with Gasteiger partial charge in [-0.3, -0.25) is 19.2 Å². The summed E-state index contributed by atoms with van der Waals surface area (Å²) in [7, 11) is -3.82. The molecule has 1 fully saturated rings. The van der Waals surface area contributed by atoms with E-state index in [1.54, 1.807) is 0 Å². The van der Waals surface area contributed by atoms with Crippen molar-refractivity contribution < 1.29 is 18.0 Å². The van der Waals surface area contributed by atoms with Crippen LogP contribution in [0.4, 0.5) is 10.8 Å². The van der Waals surface area contributed by atoms with Crippen LogP contribution in [0, 0.1) is 0 Å². The van der Waals surface area contributed by atoms with E-state index in [1.165, 1.54) is 35.6 Å². The number of carbonyl (C=O) groups is 2. The number of nitrogens with zero attached hydrogens (tertiary/aromatic N) is 2. The van der Waals surface area contributed by atoms with E-state index < -0.39 is 10.0 Å². The number of amides is 2. The van der Waals surface area contributed by atoms with Gasteiger partial charge in [-0.2, -0.15) is 0 Å². The van der Waals surface area contributed by atoms with Crippen molar-refractivity contribution in [1.29, 1.82) is 0 Å². The number of hydrogen-bond donors (Lipinski definition) is 1. The first kappa shape index (κ1) is 16.7. The zero-order valence-corrected chi connectivity index (χ0v) is 15.0. The number of aromatic nitrogens is 1. The fourth-order valence-electron chi connectivity index (χ4n) is 2.73. The number of rotatable bonds is 4. The molecule has 1 aliphatic rings. The van der Waals surface area contributed by atoms with Crippen molar-refractivity contribution >= 4 is 54.2 Å². The Morgan fingerprint density at radius 3 is 2.27 bits per heavy atom. The van der Waals surface area contributed by atoms with Gasteiger partial charge in [0.1, 0.15) is 0 Å². The molecule has 132 valence electrons. The van der Waals surface area contributed by atoms with Crippen LogP contribution in [0.3, 0.4) is 0 Å². The molecular weight excluding hydrogens is 374 g/mol. The van der Waals surface area contributed by atoms with Gasteiger partial charge in [0.2, 0.25) is 11.8 Å². The highest BCUT2D eigenvalue weighted by Gasteiger charge is 2.30. The normalized spacial score (nSPS) is 15.0. The lowest BCUT2D eigenvalue weighted by Gasteiger charge is -2.14. The first-order valence-corrected chi connectivity index (χ1v) is 10.1. The smallest absolute Gasteiger partial charge is 0.263 e. The minimum absolute atomic E-state index is 0.0274. The van der Waals surface area contributed by atoms with E-state index in [-0.39, 0.29) is 34.7 Å². The van der Waals surface area contributed by atoms with Crippen LogP contribution >= 0.6 is 11.3 Å². The predicted molar refractivity (Wildman–Crippen MR) is 98.6 cm³/mol. The Morgan fingerprint density at radius 2 is 1.62 bits per heavy atom. The number of nitrogens with one attached hydrogen (secondary N) is 1. The van der Waals surface area contributed by atoms with Crippen LogP contribution in [0.25, 0.3) is 10.2 Å². The number of hydrogen-bond acceptors (Lipinski definition) is 6. The number of carbonyl (C=O) groups excluding carboxylic acids is 2. The first-order chi connectivity index (χ1) is 12.4. The molecule has 0 aliphatic carbocycles. The Labute approximate surface area is 153 Å². The third kappa shape index (κ3) is 2.95. The van der Waals surface area contributed by atoms with Gasteiger partial charge in [-0.05, 0) is 36.4 Å². The van der Waals surface area contributed by atoms with Gasteiger partial charge in [-0.1, -0.05) is 23.5 Å². The lowest BCUT2D eigenvalue weighted by molar-refractivity contribution is -0.121. The largest absolute Gasteiger partial charge is 0.274 e. The maximum atomic E-state index is 12.5. The zero-order chi connectivity index (χ0) is 18.3. The number of para-hydroxylation sites is 1. The molecule has 1 aromatic heterocycles. The van der Waals surface area contributed by atoms with Crippen molar-refractivity contribution in [3.63, 3.8) is 0 Å². The monoisotopic (exact) mass is 387 g/mol. The molecule has 0 radical (unpaired) electrons. The summed E-state index contributed by atoms with van der Waals surface area (Å²) < 4.78 is 28.4. The molecule has 1 N–H and O–H groups in total. The van der Waals surface area contributed by atoms with Gasteiger partial charge in [-0.15, -0.1) is 0 Å². The zero-order valence-electron chi connectivity index (χ0n) is 13.4. The summed E-state index contributed by atoms with van der Waals surface area (Å²) >= 11 is 1.24.